The van der Waals surface area contributed by atoms with Gasteiger partial charge in [0.25, 0.3) is 5.91 Å². The molecule has 0 radical (unpaired) electrons. The van der Waals surface area contributed by atoms with Crippen LogP contribution >= 0.6 is 0 Å². The Bertz CT molecular complexity index is 717. The third-order valence-electron chi connectivity index (χ3n) is 4.83. The Labute approximate surface area is 155 Å². The Morgan fingerprint density at radius 2 is 2.15 bits per heavy atom. The second-order valence-electron chi connectivity index (χ2n) is 6.99. The first kappa shape index (κ1) is 18.4. The molecular weight excluding hydrogens is 326 g/mol. The van der Waals surface area contributed by atoms with Crippen LogP contribution < -0.4 is 15.4 Å². The number of pyridine rings is 1. The molecule has 26 heavy (non-hydrogen) atoms. The molecule has 1 unspecified atom stereocenters. The number of rotatable bonds is 7. The lowest BCUT2D eigenvalue weighted by atomic mass is 10.0. The molecule has 1 aliphatic heterocycles. The Balaban J connectivity index is 1.57. The van der Waals surface area contributed by atoms with Crippen LogP contribution in [0.2, 0.25) is 0 Å². The molecule has 1 saturated heterocycles. The van der Waals surface area contributed by atoms with Gasteiger partial charge in [-0.1, -0.05) is 6.07 Å². The molecule has 2 heterocycles. The van der Waals surface area contributed by atoms with E-state index in [0.29, 0.717) is 18.1 Å². The third-order valence-corrected chi connectivity index (χ3v) is 4.83. The van der Waals surface area contributed by atoms with Gasteiger partial charge in [0.15, 0.2) is 0 Å². The molecule has 1 aliphatic rings. The standard InChI is InChI=1S/C21H27N3O2/c1-15-10-19(21(25)24-9-6-17-5-8-23-12-17)11-16(2)20(15)26-14-18-4-3-7-22-13-18/h3-4,7,10-11,13,17,23H,5-6,8-9,12,14H2,1-2H3,(H,24,25). The van der Waals surface area contributed by atoms with Gasteiger partial charge in [-0.3, -0.25) is 9.78 Å². The van der Waals surface area contributed by atoms with Crippen LogP contribution in [0.1, 0.15) is 39.9 Å². The highest BCUT2D eigenvalue weighted by atomic mass is 16.5. The van der Waals surface area contributed by atoms with E-state index in [1.165, 1.54) is 6.42 Å². The first-order valence-corrected chi connectivity index (χ1v) is 9.25. The monoisotopic (exact) mass is 353 g/mol. The highest BCUT2D eigenvalue weighted by Gasteiger charge is 2.15. The van der Waals surface area contributed by atoms with Crippen LogP contribution in [0.5, 0.6) is 5.75 Å². The number of benzene rings is 1. The van der Waals surface area contributed by atoms with Gasteiger partial charge in [-0.25, -0.2) is 0 Å². The number of nitrogens with one attached hydrogen (secondary N) is 2. The highest BCUT2D eigenvalue weighted by Crippen LogP contribution is 2.26. The average molecular weight is 353 g/mol. The van der Waals surface area contributed by atoms with Gasteiger partial charge < -0.3 is 15.4 Å². The topological polar surface area (TPSA) is 63.2 Å². The maximum Gasteiger partial charge on any atom is 0.251 e. The van der Waals surface area contributed by atoms with Crippen LogP contribution in [-0.2, 0) is 6.61 Å². The summed E-state index contributed by atoms with van der Waals surface area (Å²) in [6.07, 6.45) is 5.78. The largest absolute Gasteiger partial charge is 0.488 e. The maximum atomic E-state index is 12.4. The van der Waals surface area contributed by atoms with Gasteiger partial charge in [0, 0.05) is 30.1 Å². The minimum atomic E-state index is -0.0130. The fourth-order valence-corrected chi connectivity index (χ4v) is 3.40. The molecule has 0 bridgehead atoms. The maximum absolute atomic E-state index is 12.4. The molecule has 2 aromatic rings. The quantitative estimate of drug-likeness (QED) is 0.803. The zero-order chi connectivity index (χ0) is 18.4. The summed E-state index contributed by atoms with van der Waals surface area (Å²) in [5.41, 5.74) is 3.66. The number of nitrogens with zero attached hydrogens (tertiary/aromatic N) is 1. The summed E-state index contributed by atoms with van der Waals surface area (Å²) in [6.45, 7) is 7.31. The lowest BCUT2D eigenvalue weighted by molar-refractivity contribution is 0.0951. The molecular formula is C21H27N3O2. The predicted octanol–water partition coefficient (Wildman–Crippen LogP) is 3.01. The minimum absolute atomic E-state index is 0.0130. The molecule has 1 aromatic carbocycles. The van der Waals surface area contributed by atoms with Gasteiger partial charge in [-0.15, -0.1) is 0 Å². The minimum Gasteiger partial charge on any atom is -0.488 e. The number of amides is 1. The molecule has 0 spiro atoms. The van der Waals surface area contributed by atoms with E-state index in [-0.39, 0.29) is 5.91 Å². The summed E-state index contributed by atoms with van der Waals surface area (Å²) < 4.78 is 5.96. The van der Waals surface area contributed by atoms with Gasteiger partial charge in [-0.05, 0) is 75.0 Å². The molecule has 1 aromatic heterocycles. The van der Waals surface area contributed by atoms with Crippen LogP contribution in [0.15, 0.2) is 36.7 Å². The van der Waals surface area contributed by atoms with Gasteiger partial charge in [-0.2, -0.15) is 0 Å². The first-order valence-electron chi connectivity index (χ1n) is 9.25. The van der Waals surface area contributed by atoms with E-state index in [0.717, 1.165) is 48.5 Å². The van der Waals surface area contributed by atoms with E-state index in [1.807, 2.05) is 38.1 Å². The number of ether oxygens (including phenoxy) is 1. The molecule has 1 atom stereocenters. The van der Waals surface area contributed by atoms with Crippen molar-refractivity contribution in [1.82, 2.24) is 15.6 Å². The summed E-state index contributed by atoms with van der Waals surface area (Å²) >= 11 is 0. The second-order valence-corrected chi connectivity index (χ2v) is 6.99. The summed E-state index contributed by atoms with van der Waals surface area (Å²) in [5.74, 6) is 1.51. The Kier molecular flexibility index (Phi) is 6.23. The van der Waals surface area contributed by atoms with Crippen molar-refractivity contribution < 1.29 is 9.53 Å². The molecule has 3 rings (SSSR count). The lowest BCUT2D eigenvalue weighted by Crippen LogP contribution is -2.26. The number of aromatic nitrogens is 1. The van der Waals surface area contributed by atoms with Crippen LogP contribution in [0.25, 0.3) is 0 Å². The van der Waals surface area contributed by atoms with Crippen molar-refractivity contribution in [1.29, 1.82) is 0 Å². The number of aryl methyl sites for hydroxylation is 2. The Morgan fingerprint density at radius 3 is 2.81 bits per heavy atom. The van der Waals surface area contributed by atoms with Crippen molar-refractivity contribution in [3.63, 3.8) is 0 Å². The first-order chi connectivity index (χ1) is 12.6. The van der Waals surface area contributed by atoms with Crippen LogP contribution in [-0.4, -0.2) is 30.5 Å². The van der Waals surface area contributed by atoms with E-state index >= 15 is 0 Å². The van der Waals surface area contributed by atoms with Gasteiger partial charge in [0.05, 0.1) is 0 Å². The SMILES string of the molecule is Cc1cc(C(=O)NCCC2CCNC2)cc(C)c1OCc1cccnc1. The molecule has 5 nitrogen and oxygen atoms in total. The fraction of sp³-hybridized carbons (Fsp3) is 0.429. The lowest BCUT2D eigenvalue weighted by Gasteiger charge is -2.15. The van der Waals surface area contributed by atoms with Gasteiger partial charge in [0.2, 0.25) is 0 Å². The molecule has 2 N–H and O–H groups in total. The van der Waals surface area contributed by atoms with E-state index in [1.54, 1.807) is 12.4 Å². The normalized spacial score (nSPS) is 16.5. The average Bonchev–Trinajstić information content (AvgIpc) is 3.15. The molecule has 0 saturated carbocycles. The number of hydrogen-bond acceptors (Lipinski definition) is 4. The molecule has 138 valence electrons. The number of carbonyl (C=O) groups is 1. The van der Waals surface area contributed by atoms with Gasteiger partial charge >= 0.3 is 0 Å². The molecule has 1 fully saturated rings. The Hall–Kier alpha value is -2.40. The number of hydrogen-bond donors (Lipinski definition) is 2. The smallest absolute Gasteiger partial charge is 0.251 e. The van der Waals surface area contributed by atoms with E-state index in [4.69, 9.17) is 4.74 Å². The van der Waals surface area contributed by atoms with E-state index < -0.39 is 0 Å². The zero-order valence-corrected chi connectivity index (χ0v) is 15.5. The summed E-state index contributed by atoms with van der Waals surface area (Å²) in [4.78, 5) is 16.5. The highest BCUT2D eigenvalue weighted by molar-refractivity contribution is 5.94. The van der Waals surface area contributed by atoms with Crippen molar-refractivity contribution in [2.75, 3.05) is 19.6 Å². The number of carbonyl (C=O) groups excluding carboxylic acids is 1. The van der Waals surface area contributed by atoms with Crippen LogP contribution in [0.4, 0.5) is 0 Å². The predicted molar refractivity (Wildman–Crippen MR) is 102 cm³/mol. The van der Waals surface area contributed by atoms with Crippen molar-refractivity contribution in [3.05, 3.63) is 58.9 Å². The van der Waals surface area contributed by atoms with Crippen molar-refractivity contribution in [2.45, 2.75) is 33.3 Å². The van der Waals surface area contributed by atoms with E-state index in [2.05, 4.69) is 15.6 Å². The fourth-order valence-electron chi connectivity index (χ4n) is 3.40. The van der Waals surface area contributed by atoms with E-state index in [9.17, 15) is 4.79 Å². The summed E-state index contributed by atoms with van der Waals surface area (Å²) in [5, 5.41) is 6.40. The second kappa shape index (κ2) is 8.81. The van der Waals surface area contributed by atoms with Crippen LogP contribution in [0, 0.1) is 19.8 Å². The molecule has 0 aliphatic carbocycles. The van der Waals surface area contributed by atoms with Gasteiger partial charge in [0.1, 0.15) is 12.4 Å². The third kappa shape index (κ3) is 4.82. The van der Waals surface area contributed by atoms with Crippen molar-refractivity contribution >= 4 is 5.91 Å². The summed E-state index contributed by atoms with van der Waals surface area (Å²) in [7, 11) is 0. The molecule has 5 heteroatoms. The van der Waals surface area contributed by atoms with Crippen molar-refractivity contribution in [3.8, 4) is 5.75 Å². The Morgan fingerprint density at radius 1 is 1.35 bits per heavy atom. The molecule has 1 amide bonds. The van der Waals surface area contributed by atoms with Crippen LogP contribution in [0.3, 0.4) is 0 Å². The zero-order valence-electron chi connectivity index (χ0n) is 15.5. The summed E-state index contributed by atoms with van der Waals surface area (Å²) in [6, 6.07) is 7.68. The van der Waals surface area contributed by atoms with Crippen molar-refractivity contribution in [2.24, 2.45) is 5.92 Å².